The van der Waals surface area contributed by atoms with Crippen LogP contribution in [0.3, 0.4) is 0 Å². The molecule has 1 fully saturated rings. The van der Waals surface area contributed by atoms with Crippen LogP contribution in [0.4, 0.5) is 17.6 Å². The Morgan fingerprint density at radius 3 is 2.57 bits per heavy atom. The number of nitrogens with zero attached hydrogens (tertiary/aromatic N) is 3. The lowest BCUT2D eigenvalue weighted by Crippen LogP contribution is -2.33. The summed E-state index contributed by atoms with van der Waals surface area (Å²) in [6.07, 6.45) is 5.90. The molecule has 28 heavy (non-hydrogen) atoms. The van der Waals surface area contributed by atoms with Gasteiger partial charge >= 0.3 is 0 Å². The van der Waals surface area contributed by atoms with Crippen molar-refractivity contribution >= 4 is 23.4 Å². The summed E-state index contributed by atoms with van der Waals surface area (Å²) in [6, 6.07) is 10.1. The van der Waals surface area contributed by atoms with E-state index in [0.29, 0.717) is 18.2 Å². The molecule has 0 spiro atoms. The molecule has 0 bridgehead atoms. The Balaban J connectivity index is 1.66. The van der Waals surface area contributed by atoms with E-state index < -0.39 is 0 Å². The van der Waals surface area contributed by atoms with Gasteiger partial charge in [-0.3, -0.25) is 4.79 Å². The van der Waals surface area contributed by atoms with E-state index in [1.165, 1.54) is 6.42 Å². The first-order valence-corrected chi connectivity index (χ1v) is 10.2. The third-order valence-corrected chi connectivity index (χ3v) is 6.04. The van der Waals surface area contributed by atoms with Crippen LogP contribution in [0.2, 0.25) is 0 Å². The largest absolute Gasteiger partial charge is 0.383 e. The molecule has 1 aliphatic carbocycles. The molecular weight excluding hydrogens is 350 g/mol. The van der Waals surface area contributed by atoms with E-state index >= 15 is 0 Å². The van der Waals surface area contributed by atoms with Gasteiger partial charge in [-0.05, 0) is 37.7 Å². The SMILES string of the molecule is Nc1nc(N2CCCCC2)nc2c1[C@H](c1ccccc1)C1=C(CCCC1=O)N2. The minimum absolute atomic E-state index is 0.198. The van der Waals surface area contributed by atoms with E-state index in [4.69, 9.17) is 10.7 Å². The number of rotatable bonds is 2. The summed E-state index contributed by atoms with van der Waals surface area (Å²) >= 11 is 0. The van der Waals surface area contributed by atoms with Crippen molar-refractivity contribution in [3.63, 3.8) is 0 Å². The Morgan fingerprint density at radius 1 is 1.00 bits per heavy atom. The molecule has 1 aromatic carbocycles. The van der Waals surface area contributed by atoms with Crippen molar-refractivity contribution in [3.05, 3.63) is 52.7 Å². The van der Waals surface area contributed by atoms with E-state index in [-0.39, 0.29) is 11.7 Å². The van der Waals surface area contributed by atoms with Gasteiger partial charge in [0.1, 0.15) is 11.6 Å². The first kappa shape index (κ1) is 17.2. The van der Waals surface area contributed by atoms with Gasteiger partial charge in [0.05, 0.1) is 0 Å². The predicted molar refractivity (Wildman–Crippen MR) is 110 cm³/mol. The van der Waals surface area contributed by atoms with E-state index in [9.17, 15) is 4.79 Å². The smallest absolute Gasteiger partial charge is 0.229 e. The Bertz CT molecular complexity index is 947. The molecule has 0 amide bonds. The van der Waals surface area contributed by atoms with E-state index in [0.717, 1.165) is 67.0 Å². The van der Waals surface area contributed by atoms with E-state index in [2.05, 4.69) is 27.3 Å². The summed E-state index contributed by atoms with van der Waals surface area (Å²) in [7, 11) is 0. The van der Waals surface area contributed by atoms with Crippen LogP contribution in [0.5, 0.6) is 0 Å². The number of allylic oxidation sites excluding steroid dienone is 2. The van der Waals surface area contributed by atoms with Gasteiger partial charge in [0, 0.05) is 42.3 Å². The molecule has 2 aliphatic heterocycles. The second kappa shape index (κ2) is 6.93. The molecule has 0 saturated carbocycles. The van der Waals surface area contributed by atoms with Crippen molar-refractivity contribution in [2.45, 2.75) is 44.4 Å². The monoisotopic (exact) mass is 375 g/mol. The Kier molecular flexibility index (Phi) is 4.26. The number of hydrogen-bond acceptors (Lipinski definition) is 6. The lowest BCUT2D eigenvalue weighted by atomic mass is 9.76. The number of nitrogens with one attached hydrogen (secondary N) is 1. The van der Waals surface area contributed by atoms with Gasteiger partial charge in [0.25, 0.3) is 0 Å². The fourth-order valence-corrected chi connectivity index (χ4v) is 4.68. The van der Waals surface area contributed by atoms with Crippen LogP contribution in [0, 0.1) is 0 Å². The van der Waals surface area contributed by atoms with E-state index in [1.807, 2.05) is 18.2 Å². The lowest BCUT2D eigenvalue weighted by Gasteiger charge is -2.35. The highest BCUT2D eigenvalue weighted by Crippen LogP contribution is 2.46. The molecule has 6 nitrogen and oxygen atoms in total. The molecular formula is C22H25N5O. The average molecular weight is 375 g/mol. The van der Waals surface area contributed by atoms with Crippen molar-refractivity contribution in [1.82, 2.24) is 9.97 Å². The van der Waals surface area contributed by atoms with Gasteiger partial charge in [-0.1, -0.05) is 30.3 Å². The number of carbonyl (C=O) groups excluding carboxylic acids is 1. The number of nitrogens with two attached hydrogens (primary N) is 1. The van der Waals surface area contributed by atoms with Gasteiger partial charge in [0.2, 0.25) is 5.95 Å². The number of hydrogen-bond donors (Lipinski definition) is 2. The topological polar surface area (TPSA) is 84.1 Å². The normalized spacial score (nSPS) is 21.8. The number of fused-ring (bicyclic) bond motifs is 1. The standard InChI is InChI=1S/C22H25N5O/c23-20-19-17(14-8-3-1-4-9-14)18-15(10-7-11-16(18)28)24-21(19)26-22(25-20)27-12-5-2-6-13-27/h1,3-4,8-9,17H,2,5-7,10-13H2,(H3,23,24,25,26)/t17-/m1/s1. The van der Waals surface area contributed by atoms with Crippen molar-refractivity contribution in [2.24, 2.45) is 0 Å². The quantitative estimate of drug-likeness (QED) is 0.834. The molecule has 0 unspecified atom stereocenters. The van der Waals surface area contributed by atoms with Gasteiger partial charge in [-0.25, -0.2) is 0 Å². The van der Waals surface area contributed by atoms with Crippen LogP contribution in [0.15, 0.2) is 41.6 Å². The maximum absolute atomic E-state index is 12.9. The third-order valence-electron chi connectivity index (χ3n) is 6.04. The molecule has 3 N–H and O–H groups in total. The second-order valence-electron chi connectivity index (χ2n) is 7.86. The predicted octanol–water partition coefficient (Wildman–Crippen LogP) is 3.61. The number of ketones is 1. The number of aromatic nitrogens is 2. The average Bonchev–Trinajstić information content (AvgIpc) is 2.73. The summed E-state index contributed by atoms with van der Waals surface area (Å²) < 4.78 is 0. The van der Waals surface area contributed by atoms with Crippen LogP contribution in [0.1, 0.15) is 55.6 Å². The van der Waals surface area contributed by atoms with Gasteiger partial charge in [-0.2, -0.15) is 9.97 Å². The van der Waals surface area contributed by atoms with Crippen LogP contribution in [-0.4, -0.2) is 28.8 Å². The zero-order valence-corrected chi connectivity index (χ0v) is 15.9. The number of piperidine rings is 1. The summed E-state index contributed by atoms with van der Waals surface area (Å²) in [4.78, 5) is 24.6. The lowest BCUT2D eigenvalue weighted by molar-refractivity contribution is -0.116. The van der Waals surface area contributed by atoms with Crippen molar-refractivity contribution in [2.75, 3.05) is 29.0 Å². The minimum Gasteiger partial charge on any atom is -0.383 e. The molecule has 3 aliphatic rings. The highest BCUT2D eigenvalue weighted by Gasteiger charge is 2.38. The number of anilines is 3. The molecule has 2 aromatic rings. The third kappa shape index (κ3) is 2.84. The molecule has 1 atom stereocenters. The first-order valence-electron chi connectivity index (χ1n) is 10.2. The number of carbonyl (C=O) groups is 1. The molecule has 1 aromatic heterocycles. The maximum Gasteiger partial charge on any atom is 0.229 e. The summed E-state index contributed by atoms with van der Waals surface area (Å²) in [5.41, 5.74) is 10.2. The molecule has 1 saturated heterocycles. The van der Waals surface area contributed by atoms with Crippen molar-refractivity contribution in [1.29, 1.82) is 0 Å². The number of benzene rings is 1. The molecule has 3 heterocycles. The Hall–Kier alpha value is -2.89. The fourth-order valence-electron chi connectivity index (χ4n) is 4.68. The highest BCUT2D eigenvalue weighted by atomic mass is 16.1. The van der Waals surface area contributed by atoms with E-state index in [1.54, 1.807) is 0 Å². The second-order valence-corrected chi connectivity index (χ2v) is 7.86. The van der Waals surface area contributed by atoms with Crippen LogP contribution in [0.25, 0.3) is 0 Å². The highest BCUT2D eigenvalue weighted by molar-refractivity contribution is 6.01. The molecule has 5 rings (SSSR count). The van der Waals surface area contributed by atoms with Crippen LogP contribution < -0.4 is 16.0 Å². The fraction of sp³-hybridized carbons (Fsp3) is 0.409. The summed E-state index contributed by atoms with van der Waals surface area (Å²) in [5.74, 6) is 1.93. The molecule has 0 radical (unpaired) electrons. The van der Waals surface area contributed by atoms with Gasteiger partial charge in [-0.15, -0.1) is 0 Å². The minimum atomic E-state index is -0.198. The Morgan fingerprint density at radius 2 is 1.79 bits per heavy atom. The number of nitrogen functional groups attached to an aromatic ring is 1. The molecule has 144 valence electrons. The molecule has 6 heteroatoms. The number of Topliss-reactive ketones (excluding diaryl/α,β-unsaturated/α-hetero) is 1. The summed E-state index contributed by atoms with van der Waals surface area (Å²) in [5, 5.41) is 3.45. The maximum atomic E-state index is 12.9. The van der Waals surface area contributed by atoms with Crippen LogP contribution in [-0.2, 0) is 4.79 Å². The van der Waals surface area contributed by atoms with Crippen molar-refractivity contribution in [3.8, 4) is 0 Å². The van der Waals surface area contributed by atoms with Gasteiger partial charge < -0.3 is 16.0 Å². The Labute approximate surface area is 164 Å². The zero-order valence-electron chi connectivity index (χ0n) is 15.9. The summed E-state index contributed by atoms with van der Waals surface area (Å²) in [6.45, 7) is 1.93. The zero-order chi connectivity index (χ0) is 19.1. The van der Waals surface area contributed by atoms with Crippen LogP contribution >= 0.6 is 0 Å². The van der Waals surface area contributed by atoms with Gasteiger partial charge in [0.15, 0.2) is 5.78 Å². The first-order chi connectivity index (χ1) is 13.7. The van der Waals surface area contributed by atoms with Crippen molar-refractivity contribution < 1.29 is 4.79 Å².